The van der Waals surface area contributed by atoms with E-state index >= 15 is 0 Å². The Balaban J connectivity index is 1.79. The number of aromatic nitrogens is 3. The van der Waals surface area contributed by atoms with E-state index in [1.807, 2.05) is 32.6 Å². The molecule has 0 radical (unpaired) electrons. The fourth-order valence-electron chi connectivity index (χ4n) is 3.05. The molecule has 7 heteroatoms. The largest absolute Gasteiger partial charge is 0.324 e. The van der Waals surface area contributed by atoms with Gasteiger partial charge in [0.15, 0.2) is 5.13 Å². The molecule has 0 bridgehead atoms. The number of H-pyrrole nitrogens is 1. The van der Waals surface area contributed by atoms with Crippen LogP contribution < -0.4 is 5.32 Å². The average Bonchev–Trinajstić information content (AvgIpc) is 3.12. The topological polar surface area (TPSA) is 73.9 Å². The molecule has 2 amide bonds. The maximum Gasteiger partial charge on any atom is 0.324 e. The minimum atomic E-state index is -0.0729. The van der Waals surface area contributed by atoms with E-state index in [1.54, 1.807) is 0 Å². The van der Waals surface area contributed by atoms with Gasteiger partial charge in [-0.1, -0.05) is 0 Å². The van der Waals surface area contributed by atoms with Gasteiger partial charge in [0.2, 0.25) is 0 Å². The van der Waals surface area contributed by atoms with E-state index in [1.165, 1.54) is 11.3 Å². The third-order valence-electron chi connectivity index (χ3n) is 4.27. The first kappa shape index (κ1) is 15.0. The number of hydrogen-bond acceptors (Lipinski definition) is 4. The molecule has 6 nitrogen and oxygen atoms in total. The predicted molar refractivity (Wildman–Crippen MR) is 87.3 cm³/mol. The van der Waals surface area contributed by atoms with Crippen molar-refractivity contribution in [2.24, 2.45) is 0 Å². The second kappa shape index (κ2) is 5.72. The van der Waals surface area contributed by atoms with Crippen LogP contribution >= 0.6 is 11.3 Å². The Labute approximate surface area is 133 Å². The van der Waals surface area contributed by atoms with E-state index in [2.05, 4.69) is 20.5 Å². The standard InChI is InChI=1S/C15H21N5OS/c1-8-11(4)22-14(16-8)17-15(21)20-7-5-6-12(20)13-9(2)18-19-10(13)3/h12H,5-7H2,1-4H3,(H,18,19)(H,16,17,21)/t12-/m1/s1. The van der Waals surface area contributed by atoms with E-state index in [0.717, 1.165) is 46.9 Å². The van der Waals surface area contributed by atoms with Crippen LogP contribution in [0.2, 0.25) is 0 Å². The minimum Gasteiger partial charge on any atom is -0.317 e. The molecular weight excluding hydrogens is 298 g/mol. The van der Waals surface area contributed by atoms with Crippen molar-refractivity contribution in [1.82, 2.24) is 20.1 Å². The summed E-state index contributed by atoms with van der Waals surface area (Å²) in [5, 5.41) is 10.9. The first-order valence-electron chi connectivity index (χ1n) is 7.50. The highest BCUT2D eigenvalue weighted by molar-refractivity contribution is 7.15. The minimum absolute atomic E-state index is 0.0729. The van der Waals surface area contributed by atoms with E-state index in [4.69, 9.17) is 0 Å². The summed E-state index contributed by atoms with van der Waals surface area (Å²) in [5.74, 6) is 0. The molecule has 22 heavy (non-hydrogen) atoms. The van der Waals surface area contributed by atoms with Crippen LogP contribution in [0, 0.1) is 27.7 Å². The lowest BCUT2D eigenvalue weighted by Gasteiger charge is -2.25. The number of rotatable bonds is 2. The predicted octanol–water partition coefficient (Wildman–Crippen LogP) is 3.47. The van der Waals surface area contributed by atoms with Crippen molar-refractivity contribution < 1.29 is 4.79 Å². The molecule has 0 spiro atoms. The molecule has 1 fully saturated rings. The van der Waals surface area contributed by atoms with Gasteiger partial charge in [-0.2, -0.15) is 5.10 Å². The van der Waals surface area contributed by atoms with Gasteiger partial charge in [-0.3, -0.25) is 10.4 Å². The van der Waals surface area contributed by atoms with Crippen molar-refractivity contribution in [2.75, 3.05) is 11.9 Å². The number of carbonyl (C=O) groups excluding carboxylic acids is 1. The van der Waals surface area contributed by atoms with Gasteiger partial charge in [0.1, 0.15) is 0 Å². The van der Waals surface area contributed by atoms with E-state index < -0.39 is 0 Å². The second-order valence-electron chi connectivity index (χ2n) is 5.79. The molecular formula is C15H21N5OS. The molecule has 0 aliphatic carbocycles. The molecule has 1 saturated heterocycles. The van der Waals surface area contributed by atoms with Crippen molar-refractivity contribution in [3.63, 3.8) is 0 Å². The monoisotopic (exact) mass is 319 g/mol. The summed E-state index contributed by atoms with van der Waals surface area (Å²) < 4.78 is 0. The molecule has 3 heterocycles. The van der Waals surface area contributed by atoms with Gasteiger partial charge in [0.25, 0.3) is 0 Å². The van der Waals surface area contributed by atoms with Crippen LogP contribution in [0.1, 0.15) is 46.4 Å². The Morgan fingerprint density at radius 1 is 1.32 bits per heavy atom. The summed E-state index contributed by atoms with van der Waals surface area (Å²) in [6.45, 7) is 8.74. The normalized spacial score (nSPS) is 18.0. The lowest BCUT2D eigenvalue weighted by atomic mass is 10.0. The van der Waals surface area contributed by atoms with Gasteiger partial charge < -0.3 is 4.90 Å². The first-order valence-corrected chi connectivity index (χ1v) is 8.32. The van der Waals surface area contributed by atoms with Crippen LogP contribution in [0.5, 0.6) is 0 Å². The molecule has 3 rings (SSSR count). The number of carbonyl (C=O) groups is 1. The third kappa shape index (κ3) is 2.61. The van der Waals surface area contributed by atoms with Gasteiger partial charge in [0, 0.05) is 22.7 Å². The fourth-order valence-corrected chi connectivity index (χ4v) is 3.85. The quantitative estimate of drug-likeness (QED) is 0.890. The van der Waals surface area contributed by atoms with Crippen LogP contribution in [0.3, 0.4) is 0 Å². The highest BCUT2D eigenvalue weighted by Crippen LogP contribution is 2.35. The van der Waals surface area contributed by atoms with Crippen LogP contribution in [0.15, 0.2) is 0 Å². The number of nitrogens with zero attached hydrogens (tertiary/aromatic N) is 3. The average molecular weight is 319 g/mol. The molecule has 1 aliphatic rings. The lowest BCUT2D eigenvalue weighted by Crippen LogP contribution is -2.34. The van der Waals surface area contributed by atoms with Crippen LogP contribution in [0.25, 0.3) is 0 Å². The molecule has 2 aromatic heterocycles. The third-order valence-corrected chi connectivity index (χ3v) is 5.26. The van der Waals surface area contributed by atoms with Crippen molar-refractivity contribution in [3.05, 3.63) is 27.5 Å². The molecule has 118 valence electrons. The molecule has 0 aromatic carbocycles. The SMILES string of the molecule is Cc1nc(NC(=O)N2CCC[C@@H]2c2c(C)n[nH]c2C)sc1C. The molecule has 1 atom stereocenters. The number of aryl methyl sites for hydroxylation is 4. The van der Waals surface area contributed by atoms with Crippen molar-refractivity contribution in [1.29, 1.82) is 0 Å². The number of anilines is 1. The van der Waals surface area contributed by atoms with Gasteiger partial charge in [-0.25, -0.2) is 9.78 Å². The maximum absolute atomic E-state index is 12.6. The Hall–Kier alpha value is -1.89. The number of nitrogens with one attached hydrogen (secondary N) is 2. The summed E-state index contributed by atoms with van der Waals surface area (Å²) in [6, 6.07) is 0.0251. The summed E-state index contributed by atoms with van der Waals surface area (Å²) in [7, 11) is 0. The van der Waals surface area contributed by atoms with Gasteiger partial charge >= 0.3 is 6.03 Å². The van der Waals surface area contributed by atoms with Gasteiger partial charge in [-0.05, 0) is 40.5 Å². The zero-order valence-electron chi connectivity index (χ0n) is 13.4. The Kier molecular flexibility index (Phi) is 3.90. The molecule has 0 unspecified atom stereocenters. The first-order chi connectivity index (χ1) is 10.5. The number of thiazole rings is 1. The van der Waals surface area contributed by atoms with Crippen LogP contribution in [0.4, 0.5) is 9.93 Å². The summed E-state index contributed by atoms with van der Waals surface area (Å²) in [5.41, 5.74) is 4.14. The van der Waals surface area contributed by atoms with Crippen LogP contribution in [-0.2, 0) is 0 Å². The zero-order valence-corrected chi connectivity index (χ0v) is 14.2. The number of amides is 2. The number of urea groups is 1. The summed E-state index contributed by atoms with van der Waals surface area (Å²) >= 11 is 1.52. The Morgan fingerprint density at radius 2 is 2.09 bits per heavy atom. The Bertz CT molecular complexity index is 666. The molecule has 1 aliphatic heterocycles. The summed E-state index contributed by atoms with van der Waals surface area (Å²) in [6.07, 6.45) is 1.99. The highest BCUT2D eigenvalue weighted by Gasteiger charge is 2.33. The number of aromatic amines is 1. The maximum atomic E-state index is 12.6. The second-order valence-corrected chi connectivity index (χ2v) is 6.99. The van der Waals surface area contributed by atoms with E-state index in [9.17, 15) is 4.79 Å². The van der Waals surface area contributed by atoms with Crippen molar-refractivity contribution in [3.8, 4) is 0 Å². The van der Waals surface area contributed by atoms with Gasteiger partial charge in [-0.15, -0.1) is 11.3 Å². The zero-order chi connectivity index (χ0) is 15.9. The molecule has 0 saturated carbocycles. The Morgan fingerprint density at radius 3 is 2.68 bits per heavy atom. The highest BCUT2D eigenvalue weighted by atomic mass is 32.1. The molecule has 2 N–H and O–H groups in total. The van der Waals surface area contributed by atoms with E-state index in [-0.39, 0.29) is 12.1 Å². The fraction of sp³-hybridized carbons (Fsp3) is 0.533. The number of hydrogen-bond donors (Lipinski definition) is 2. The number of likely N-dealkylation sites (tertiary alicyclic amines) is 1. The van der Waals surface area contributed by atoms with Crippen molar-refractivity contribution >= 4 is 22.5 Å². The smallest absolute Gasteiger partial charge is 0.317 e. The van der Waals surface area contributed by atoms with Crippen molar-refractivity contribution in [2.45, 2.75) is 46.6 Å². The van der Waals surface area contributed by atoms with Crippen LogP contribution in [-0.4, -0.2) is 32.7 Å². The van der Waals surface area contributed by atoms with Gasteiger partial charge in [0.05, 0.1) is 17.4 Å². The lowest BCUT2D eigenvalue weighted by molar-refractivity contribution is 0.207. The van der Waals surface area contributed by atoms with E-state index in [0.29, 0.717) is 5.13 Å². The molecule has 2 aromatic rings. The summed E-state index contributed by atoms with van der Waals surface area (Å²) in [4.78, 5) is 20.0.